The summed E-state index contributed by atoms with van der Waals surface area (Å²) in [6.07, 6.45) is 7.12. The number of rotatable bonds is 3. The lowest BCUT2D eigenvalue weighted by Gasteiger charge is -2.31. The van der Waals surface area contributed by atoms with Gasteiger partial charge in [0.25, 0.3) is 0 Å². The van der Waals surface area contributed by atoms with Gasteiger partial charge in [0.15, 0.2) is 0 Å². The van der Waals surface area contributed by atoms with Crippen molar-refractivity contribution in [2.75, 3.05) is 20.2 Å². The van der Waals surface area contributed by atoms with E-state index in [-0.39, 0.29) is 6.04 Å². The third-order valence-corrected chi connectivity index (χ3v) is 3.04. The van der Waals surface area contributed by atoms with Gasteiger partial charge in [0.2, 0.25) is 0 Å². The molecule has 0 aromatic carbocycles. The maximum Gasteiger partial charge on any atom is 0.316 e. The first kappa shape index (κ1) is 11.2. The minimum atomic E-state index is 0.255. The molecule has 94 valence electrons. The van der Waals surface area contributed by atoms with Crippen LogP contribution < -0.4 is 4.74 Å². The molecule has 0 amide bonds. The van der Waals surface area contributed by atoms with Crippen LogP contribution in [-0.4, -0.2) is 44.6 Å². The molecule has 0 N–H and O–H groups in total. The first-order valence-corrected chi connectivity index (χ1v) is 5.92. The van der Waals surface area contributed by atoms with Crippen molar-refractivity contribution in [2.24, 2.45) is 0 Å². The predicted octanol–water partition coefficient (Wildman–Crippen LogP) is 0.739. The summed E-state index contributed by atoms with van der Waals surface area (Å²) in [5, 5.41) is 0. The van der Waals surface area contributed by atoms with Crippen LogP contribution in [0.25, 0.3) is 0 Å². The fourth-order valence-electron chi connectivity index (χ4n) is 2.24. The summed E-state index contributed by atoms with van der Waals surface area (Å²) in [6.45, 7) is 2.42. The van der Waals surface area contributed by atoms with E-state index in [1.54, 1.807) is 18.5 Å². The van der Waals surface area contributed by atoms with Gasteiger partial charge in [0.05, 0.1) is 18.1 Å². The van der Waals surface area contributed by atoms with Gasteiger partial charge in [-0.25, -0.2) is 15.0 Å². The summed E-state index contributed by atoms with van der Waals surface area (Å²) in [6, 6.07) is 2.45. The molecule has 0 aliphatic carbocycles. The maximum atomic E-state index is 5.62. The molecular weight excluding hydrogens is 230 g/mol. The highest BCUT2D eigenvalue weighted by atomic mass is 16.5. The lowest BCUT2D eigenvalue weighted by molar-refractivity contribution is 0.157. The highest BCUT2D eigenvalue weighted by Gasteiger charge is 2.23. The summed E-state index contributed by atoms with van der Waals surface area (Å²) in [5.41, 5.74) is 1.21. The van der Waals surface area contributed by atoms with Gasteiger partial charge in [-0.15, -0.1) is 0 Å². The van der Waals surface area contributed by atoms with E-state index < -0.39 is 0 Å². The largest absolute Gasteiger partial charge is 0.461 e. The minimum Gasteiger partial charge on any atom is -0.461 e. The lowest BCUT2D eigenvalue weighted by atomic mass is 10.2. The number of aromatic nitrogens is 4. The number of ether oxygens (including phenoxy) is 1. The molecular formula is C12H15N5O. The molecule has 1 aliphatic heterocycles. The SMILES string of the molecule is CN1Cc2cncn2C(COc2ncccn2)C1. The van der Waals surface area contributed by atoms with E-state index in [2.05, 4.69) is 31.5 Å². The number of hydrogen-bond donors (Lipinski definition) is 0. The number of fused-ring (bicyclic) bond motifs is 1. The fourth-order valence-corrected chi connectivity index (χ4v) is 2.24. The molecule has 6 nitrogen and oxygen atoms in total. The first-order chi connectivity index (χ1) is 8.83. The fraction of sp³-hybridized carbons (Fsp3) is 0.417. The topological polar surface area (TPSA) is 56.1 Å². The van der Waals surface area contributed by atoms with E-state index in [0.29, 0.717) is 12.6 Å². The van der Waals surface area contributed by atoms with Gasteiger partial charge in [-0.2, -0.15) is 0 Å². The molecule has 0 radical (unpaired) electrons. The third kappa shape index (κ3) is 2.19. The zero-order valence-electron chi connectivity index (χ0n) is 10.2. The molecule has 3 heterocycles. The van der Waals surface area contributed by atoms with Crippen LogP contribution in [0.1, 0.15) is 11.7 Å². The van der Waals surface area contributed by atoms with Crippen LogP contribution in [0.15, 0.2) is 31.0 Å². The Morgan fingerprint density at radius 3 is 3.06 bits per heavy atom. The number of hydrogen-bond acceptors (Lipinski definition) is 5. The van der Waals surface area contributed by atoms with Gasteiger partial charge in [0.1, 0.15) is 6.61 Å². The molecule has 6 heteroatoms. The molecule has 2 aromatic heterocycles. The van der Waals surface area contributed by atoms with Gasteiger partial charge >= 0.3 is 6.01 Å². The number of imidazole rings is 1. The Morgan fingerprint density at radius 1 is 1.39 bits per heavy atom. The van der Waals surface area contributed by atoms with Crippen LogP contribution in [0, 0.1) is 0 Å². The van der Waals surface area contributed by atoms with E-state index in [4.69, 9.17) is 4.74 Å². The normalized spacial score (nSPS) is 19.5. The second-order valence-corrected chi connectivity index (χ2v) is 4.49. The second-order valence-electron chi connectivity index (χ2n) is 4.49. The standard InChI is InChI=1S/C12H15N5O/c1-16-6-10-5-13-9-17(10)11(7-16)8-18-12-14-3-2-4-15-12/h2-5,9,11H,6-8H2,1H3. The van der Waals surface area contributed by atoms with Crippen LogP contribution in [-0.2, 0) is 6.54 Å². The highest BCUT2D eigenvalue weighted by Crippen LogP contribution is 2.19. The predicted molar refractivity (Wildman–Crippen MR) is 65.1 cm³/mol. The molecule has 0 saturated carbocycles. The Balaban J connectivity index is 1.71. The monoisotopic (exact) mass is 245 g/mol. The Bertz CT molecular complexity index is 512. The summed E-state index contributed by atoms with van der Waals surface area (Å²) in [7, 11) is 2.10. The molecule has 0 saturated heterocycles. The number of likely N-dealkylation sites (N-methyl/N-ethyl adjacent to an activating group) is 1. The third-order valence-electron chi connectivity index (χ3n) is 3.04. The van der Waals surface area contributed by atoms with E-state index in [1.807, 2.05) is 12.5 Å². The summed E-state index contributed by atoms with van der Waals surface area (Å²) in [5.74, 6) is 0. The molecule has 3 rings (SSSR count). The minimum absolute atomic E-state index is 0.255. The van der Waals surface area contributed by atoms with Crippen LogP contribution in [0.4, 0.5) is 0 Å². The Kier molecular flexibility index (Phi) is 2.93. The molecule has 0 spiro atoms. The van der Waals surface area contributed by atoms with Crippen LogP contribution in [0.3, 0.4) is 0 Å². The summed E-state index contributed by atoms with van der Waals surface area (Å²) < 4.78 is 7.79. The van der Waals surface area contributed by atoms with Gasteiger partial charge in [0, 0.05) is 31.7 Å². The first-order valence-electron chi connectivity index (χ1n) is 5.92. The van der Waals surface area contributed by atoms with E-state index in [0.717, 1.165) is 13.1 Å². The smallest absolute Gasteiger partial charge is 0.316 e. The van der Waals surface area contributed by atoms with Crippen molar-refractivity contribution >= 4 is 0 Å². The van der Waals surface area contributed by atoms with Crippen LogP contribution in [0.5, 0.6) is 6.01 Å². The Labute approximate surface area is 105 Å². The van der Waals surface area contributed by atoms with Gasteiger partial charge < -0.3 is 9.30 Å². The average Bonchev–Trinajstić information content (AvgIpc) is 2.85. The van der Waals surface area contributed by atoms with Gasteiger partial charge in [-0.1, -0.05) is 0 Å². The van der Waals surface area contributed by atoms with E-state index in [9.17, 15) is 0 Å². The van der Waals surface area contributed by atoms with E-state index in [1.165, 1.54) is 5.69 Å². The van der Waals surface area contributed by atoms with E-state index >= 15 is 0 Å². The maximum absolute atomic E-state index is 5.62. The van der Waals surface area contributed by atoms with Crippen molar-refractivity contribution in [3.63, 3.8) is 0 Å². The molecule has 1 atom stereocenters. The second kappa shape index (κ2) is 4.73. The van der Waals surface area contributed by atoms with Crippen molar-refractivity contribution in [1.29, 1.82) is 0 Å². The summed E-state index contributed by atoms with van der Waals surface area (Å²) >= 11 is 0. The quantitative estimate of drug-likeness (QED) is 0.798. The molecule has 2 aromatic rings. The highest BCUT2D eigenvalue weighted by molar-refractivity contribution is 5.04. The molecule has 18 heavy (non-hydrogen) atoms. The van der Waals surface area contributed by atoms with Crippen LogP contribution in [0.2, 0.25) is 0 Å². The van der Waals surface area contributed by atoms with Gasteiger partial charge in [-0.05, 0) is 13.1 Å². The van der Waals surface area contributed by atoms with Crippen molar-refractivity contribution in [1.82, 2.24) is 24.4 Å². The molecule has 0 bridgehead atoms. The van der Waals surface area contributed by atoms with Crippen LogP contribution >= 0.6 is 0 Å². The zero-order valence-corrected chi connectivity index (χ0v) is 10.2. The Hall–Kier alpha value is -1.95. The Morgan fingerprint density at radius 2 is 2.22 bits per heavy atom. The van der Waals surface area contributed by atoms with Crippen molar-refractivity contribution < 1.29 is 4.74 Å². The molecule has 1 aliphatic rings. The summed E-state index contributed by atoms with van der Waals surface area (Å²) in [4.78, 5) is 14.6. The van der Waals surface area contributed by atoms with Crippen molar-refractivity contribution in [3.8, 4) is 6.01 Å². The number of nitrogens with zero attached hydrogens (tertiary/aromatic N) is 5. The lowest BCUT2D eigenvalue weighted by Crippen LogP contribution is -2.37. The molecule has 1 unspecified atom stereocenters. The zero-order chi connectivity index (χ0) is 12.4. The van der Waals surface area contributed by atoms with Gasteiger partial charge in [-0.3, -0.25) is 4.90 Å². The molecule has 0 fully saturated rings. The van der Waals surface area contributed by atoms with Crippen molar-refractivity contribution in [3.05, 3.63) is 36.7 Å². The van der Waals surface area contributed by atoms with Crippen molar-refractivity contribution in [2.45, 2.75) is 12.6 Å². The average molecular weight is 245 g/mol.